The highest BCUT2D eigenvalue weighted by Crippen LogP contribution is 2.39. The molecule has 0 bridgehead atoms. The monoisotopic (exact) mass is 535 g/mol. The third-order valence-electron chi connectivity index (χ3n) is 6.00. The van der Waals surface area contributed by atoms with Gasteiger partial charge in [0.15, 0.2) is 5.78 Å². The fourth-order valence-electron chi connectivity index (χ4n) is 4.28. The maximum absolute atomic E-state index is 13.6. The smallest absolute Gasteiger partial charge is 0.318 e. The van der Waals surface area contributed by atoms with Gasteiger partial charge in [-0.2, -0.15) is 0 Å². The molecule has 33 heavy (non-hydrogen) atoms. The van der Waals surface area contributed by atoms with Crippen LogP contribution in [0.15, 0.2) is 53.0 Å². The number of morpholine rings is 1. The molecular formula is C25H27BrClNO5. The van der Waals surface area contributed by atoms with Crippen LogP contribution in [-0.2, 0) is 19.1 Å². The van der Waals surface area contributed by atoms with Crippen LogP contribution in [0.2, 0.25) is 5.02 Å². The molecule has 2 aromatic rings. The van der Waals surface area contributed by atoms with Gasteiger partial charge in [-0.25, -0.2) is 0 Å². The normalized spacial score (nSPS) is 16.5. The molecule has 0 spiro atoms. The van der Waals surface area contributed by atoms with Gasteiger partial charge >= 0.3 is 5.97 Å². The Morgan fingerprint density at radius 2 is 1.67 bits per heavy atom. The first-order valence-electron chi connectivity index (χ1n) is 10.9. The second kappa shape index (κ2) is 11.8. The van der Waals surface area contributed by atoms with E-state index in [1.807, 2.05) is 6.92 Å². The summed E-state index contributed by atoms with van der Waals surface area (Å²) in [6.07, 6.45) is 0.437. The van der Waals surface area contributed by atoms with Gasteiger partial charge in [0.1, 0.15) is 5.92 Å². The van der Waals surface area contributed by atoms with Crippen LogP contribution in [0.1, 0.15) is 35.2 Å². The van der Waals surface area contributed by atoms with Crippen molar-refractivity contribution in [2.75, 3.05) is 33.4 Å². The Bertz CT molecular complexity index is 973. The zero-order valence-corrected chi connectivity index (χ0v) is 21.0. The van der Waals surface area contributed by atoms with E-state index >= 15 is 0 Å². The van der Waals surface area contributed by atoms with E-state index in [4.69, 9.17) is 21.1 Å². The number of carbonyl (C=O) groups excluding carboxylic acids is 3. The number of rotatable bonds is 8. The van der Waals surface area contributed by atoms with Gasteiger partial charge in [-0.05, 0) is 36.2 Å². The van der Waals surface area contributed by atoms with Crippen LogP contribution in [0, 0.1) is 11.8 Å². The lowest BCUT2D eigenvalue weighted by molar-refractivity contribution is -0.157. The maximum Gasteiger partial charge on any atom is 0.318 e. The predicted molar refractivity (Wildman–Crippen MR) is 129 cm³/mol. The standard InChI is InChI=1S/C25H27BrClNO5/c1-3-20(23(29)17-4-8-18(26)9-5-17)21(16-6-10-19(27)11-7-16)22(25(31)32-2)24(30)28-12-14-33-15-13-28/h4-11,20-22H,3,12-15H2,1-2H3/t20-,21-,22+/m1/s1. The Morgan fingerprint density at radius 3 is 2.21 bits per heavy atom. The van der Waals surface area contributed by atoms with E-state index < -0.39 is 23.7 Å². The summed E-state index contributed by atoms with van der Waals surface area (Å²) in [5.74, 6) is -3.65. The van der Waals surface area contributed by atoms with Crippen LogP contribution in [-0.4, -0.2) is 56.0 Å². The number of ketones is 1. The van der Waals surface area contributed by atoms with E-state index in [1.165, 1.54) is 7.11 Å². The zero-order chi connectivity index (χ0) is 24.0. The molecule has 0 radical (unpaired) electrons. The summed E-state index contributed by atoms with van der Waals surface area (Å²) >= 11 is 9.50. The average molecular weight is 537 g/mol. The third-order valence-corrected chi connectivity index (χ3v) is 6.78. The van der Waals surface area contributed by atoms with Crippen LogP contribution in [0.5, 0.6) is 0 Å². The first-order chi connectivity index (χ1) is 15.9. The first-order valence-corrected chi connectivity index (χ1v) is 12.0. The van der Waals surface area contributed by atoms with Crippen LogP contribution in [0.25, 0.3) is 0 Å². The molecule has 1 aliphatic heterocycles. The van der Waals surface area contributed by atoms with E-state index in [0.717, 1.165) is 4.47 Å². The number of ether oxygens (including phenoxy) is 2. The van der Waals surface area contributed by atoms with Gasteiger partial charge in [-0.3, -0.25) is 14.4 Å². The summed E-state index contributed by atoms with van der Waals surface area (Å²) in [4.78, 5) is 41.9. The van der Waals surface area contributed by atoms with Gasteiger partial charge in [0, 0.05) is 40.0 Å². The minimum absolute atomic E-state index is 0.131. The topological polar surface area (TPSA) is 72.9 Å². The van der Waals surface area contributed by atoms with Crippen LogP contribution in [0.3, 0.4) is 0 Å². The number of benzene rings is 2. The minimum atomic E-state index is -1.17. The summed E-state index contributed by atoms with van der Waals surface area (Å²) in [7, 11) is 1.26. The molecular weight excluding hydrogens is 510 g/mol. The quantitative estimate of drug-likeness (QED) is 0.277. The molecule has 0 aromatic heterocycles. The summed E-state index contributed by atoms with van der Waals surface area (Å²) in [5, 5.41) is 0.527. The molecule has 2 aromatic carbocycles. The van der Waals surface area contributed by atoms with Gasteiger partial charge < -0.3 is 14.4 Å². The SMILES string of the molecule is CC[C@@H](C(=O)c1ccc(Br)cc1)[C@@H](c1ccc(Cl)cc1)[C@H](C(=O)OC)C(=O)N1CCOCC1. The van der Waals surface area contributed by atoms with Crippen molar-refractivity contribution in [1.82, 2.24) is 4.90 Å². The summed E-state index contributed by atoms with van der Waals surface area (Å²) in [6.45, 7) is 3.46. The van der Waals surface area contributed by atoms with Gasteiger partial charge in [0.25, 0.3) is 0 Å². The fraction of sp³-hybridized carbons (Fsp3) is 0.400. The molecule has 3 rings (SSSR count). The molecule has 6 nitrogen and oxygen atoms in total. The highest BCUT2D eigenvalue weighted by molar-refractivity contribution is 9.10. The molecule has 1 aliphatic rings. The van der Waals surface area contributed by atoms with Crippen molar-refractivity contribution in [3.05, 3.63) is 69.2 Å². The van der Waals surface area contributed by atoms with E-state index in [0.29, 0.717) is 48.9 Å². The molecule has 0 aliphatic carbocycles. The molecule has 8 heteroatoms. The van der Waals surface area contributed by atoms with Crippen LogP contribution >= 0.6 is 27.5 Å². The Morgan fingerprint density at radius 1 is 1.06 bits per heavy atom. The van der Waals surface area contributed by atoms with E-state index in [2.05, 4.69) is 15.9 Å². The molecule has 0 saturated carbocycles. The zero-order valence-electron chi connectivity index (χ0n) is 18.6. The van der Waals surface area contributed by atoms with Gasteiger partial charge in [0.05, 0.1) is 20.3 Å². The van der Waals surface area contributed by atoms with Crippen molar-refractivity contribution in [3.63, 3.8) is 0 Å². The highest BCUT2D eigenvalue weighted by Gasteiger charge is 2.45. The number of halogens is 2. The molecule has 1 amide bonds. The minimum Gasteiger partial charge on any atom is -0.468 e. The number of esters is 1. The Labute approximate surface area is 207 Å². The van der Waals surface area contributed by atoms with E-state index in [1.54, 1.807) is 53.4 Å². The number of methoxy groups -OCH3 is 1. The lowest BCUT2D eigenvalue weighted by atomic mass is 9.72. The molecule has 1 saturated heterocycles. The van der Waals surface area contributed by atoms with Crippen molar-refractivity contribution in [1.29, 1.82) is 0 Å². The number of amides is 1. The van der Waals surface area contributed by atoms with Gasteiger partial charge in [-0.15, -0.1) is 0 Å². The highest BCUT2D eigenvalue weighted by atomic mass is 79.9. The van der Waals surface area contributed by atoms with Crippen LogP contribution in [0.4, 0.5) is 0 Å². The largest absolute Gasteiger partial charge is 0.468 e. The van der Waals surface area contributed by atoms with Crippen molar-refractivity contribution in [2.24, 2.45) is 11.8 Å². The van der Waals surface area contributed by atoms with Crippen molar-refractivity contribution < 1.29 is 23.9 Å². The van der Waals surface area contributed by atoms with E-state index in [-0.39, 0.29) is 11.7 Å². The summed E-state index contributed by atoms with van der Waals surface area (Å²) < 4.78 is 11.3. The first kappa shape index (κ1) is 25.4. The third kappa shape index (κ3) is 6.02. The molecule has 1 fully saturated rings. The number of Topliss-reactive ketones (excluding diaryl/α,β-unsaturated/α-hetero) is 1. The number of hydrogen-bond donors (Lipinski definition) is 0. The Kier molecular flexibility index (Phi) is 9.06. The molecule has 1 heterocycles. The lowest BCUT2D eigenvalue weighted by Gasteiger charge is -2.35. The average Bonchev–Trinajstić information content (AvgIpc) is 2.84. The van der Waals surface area contributed by atoms with Gasteiger partial charge in [0.2, 0.25) is 5.91 Å². The Balaban J connectivity index is 2.09. The second-order valence-electron chi connectivity index (χ2n) is 7.90. The molecule has 0 unspecified atom stereocenters. The number of carbonyl (C=O) groups is 3. The Hall–Kier alpha value is -2.22. The number of hydrogen-bond acceptors (Lipinski definition) is 5. The lowest BCUT2D eigenvalue weighted by Crippen LogP contribution is -2.49. The summed E-state index contributed by atoms with van der Waals surface area (Å²) in [6, 6.07) is 14.0. The maximum atomic E-state index is 13.6. The number of nitrogens with zero attached hydrogens (tertiary/aromatic N) is 1. The predicted octanol–water partition coefficient (Wildman–Crippen LogP) is 4.74. The van der Waals surface area contributed by atoms with Gasteiger partial charge in [-0.1, -0.05) is 58.7 Å². The molecule has 0 N–H and O–H groups in total. The second-order valence-corrected chi connectivity index (χ2v) is 9.25. The van der Waals surface area contributed by atoms with E-state index in [9.17, 15) is 14.4 Å². The molecule has 3 atom stereocenters. The van der Waals surface area contributed by atoms with Crippen molar-refractivity contribution in [2.45, 2.75) is 19.3 Å². The summed E-state index contributed by atoms with van der Waals surface area (Å²) in [5.41, 5.74) is 1.21. The van der Waals surface area contributed by atoms with Crippen molar-refractivity contribution in [3.8, 4) is 0 Å². The fourth-order valence-corrected chi connectivity index (χ4v) is 4.67. The molecule has 176 valence electrons. The van der Waals surface area contributed by atoms with Crippen LogP contribution < -0.4 is 0 Å². The van der Waals surface area contributed by atoms with Crippen molar-refractivity contribution >= 4 is 45.2 Å².